The van der Waals surface area contributed by atoms with E-state index in [2.05, 4.69) is 5.32 Å². The Bertz CT molecular complexity index is 176. The molecule has 1 fully saturated rings. The summed E-state index contributed by atoms with van der Waals surface area (Å²) >= 11 is 0. The van der Waals surface area contributed by atoms with Gasteiger partial charge in [-0.1, -0.05) is 0 Å². The number of amides is 3. The molecule has 0 spiro atoms. The fraction of sp³-hybridized carbons (Fsp3) is 0.333. The second-order valence-corrected chi connectivity index (χ2v) is 1.45. The minimum atomic E-state index is -1.75. The fourth-order valence-electron chi connectivity index (χ4n) is 0.376. The van der Waals surface area contributed by atoms with Crippen molar-refractivity contribution in [2.45, 2.75) is 0 Å². The Hall–Kier alpha value is -1.12. The van der Waals surface area contributed by atoms with Gasteiger partial charge in [-0.05, 0) is 0 Å². The van der Waals surface area contributed by atoms with Gasteiger partial charge in [0.1, 0.15) is 0 Å². The Balaban J connectivity index is 0. The van der Waals surface area contributed by atoms with Gasteiger partial charge in [-0.2, -0.15) is 0 Å². The summed E-state index contributed by atoms with van der Waals surface area (Å²) in [5.74, 6) is -0.259. The molecule has 0 radical (unpaired) electrons. The zero-order valence-corrected chi connectivity index (χ0v) is 6.98. The van der Waals surface area contributed by atoms with E-state index in [-0.39, 0.29) is 34.8 Å². The number of urea groups is 1. The Kier molecular flexibility index (Phi) is 7.39. The summed E-state index contributed by atoms with van der Waals surface area (Å²) in [4.78, 5) is 28.3. The summed E-state index contributed by atoms with van der Waals surface area (Å²) < 4.78 is 0. The largest absolute Gasteiger partial charge is 1.00 e. The van der Waals surface area contributed by atoms with Crippen molar-refractivity contribution in [1.82, 2.24) is 10.6 Å². The minimum absolute atomic E-state index is 0. The van der Waals surface area contributed by atoms with Crippen molar-refractivity contribution < 1.29 is 37.1 Å². The predicted molar refractivity (Wildman–Crippen MR) is 31.9 cm³/mol. The average Bonchev–Trinajstić information content (AvgIpc) is 2.13. The zero-order chi connectivity index (χ0) is 8.85. The van der Waals surface area contributed by atoms with Crippen molar-refractivity contribution in [3.63, 3.8) is 0 Å². The maximum Gasteiger partial charge on any atom is 1.00 e. The van der Waals surface area contributed by atoms with Gasteiger partial charge in [0.25, 0.3) is 0 Å². The van der Waals surface area contributed by atoms with Crippen molar-refractivity contribution in [3.8, 4) is 0 Å². The van der Waals surface area contributed by atoms with Crippen LogP contribution in [0.1, 0.15) is 0 Å². The van der Waals surface area contributed by atoms with Crippen LogP contribution in [0.2, 0.25) is 0 Å². The summed E-state index contributed by atoms with van der Waals surface area (Å²) in [5, 5.41) is 19.0. The molecule has 1 saturated heterocycles. The first kappa shape index (κ1) is 13.5. The van der Waals surface area contributed by atoms with Crippen LogP contribution in [0.5, 0.6) is 0 Å². The van der Waals surface area contributed by atoms with E-state index in [9.17, 15) is 9.59 Å². The molecule has 0 aromatic heterocycles. The number of carbonyl (C=O) groups excluding carboxylic acids is 2. The van der Waals surface area contributed by atoms with E-state index in [4.69, 9.17) is 15.3 Å². The molecule has 1 aliphatic rings. The van der Waals surface area contributed by atoms with E-state index < -0.39 is 11.1 Å². The van der Waals surface area contributed by atoms with Gasteiger partial charge in [0, 0.05) is 0 Å². The van der Waals surface area contributed by atoms with Crippen LogP contribution in [0.25, 0.3) is 0 Å². The maximum atomic E-state index is 10.1. The second kappa shape index (κ2) is 6.58. The van der Waals surface area contributed by atoms with E-state index in [1.165, 1.54) is 0 Å². The molecule has 0 bridgehead atoms. The first-order valence-electron chi connectivity index (χ1n) is 2.41. The van der Waals surface area contributed by atoms with Crippen LogP contribution in [0.15, 0.2) is 0 Å². The Morgan fingerprint density at radius 2 is 1.75 bits per heavy atom. The molecule has 1 rings (SSSR count). The van der Waals surface area contributed by atoms with Gasteiger partial charge < -0.3 is 20.6 Å². The number of imide groups is 1. The fourth-order valence-corrected chi connectivity index (χ4v) is 0.376. The number of carbonyl (C=O) groups is 2. The summed E-state index contributed by atoms with van der Waals surface area (Å²) in [6.07, 6.45) is 0. The number of rotatable bonds is 0. The Morgan fingerprint density at radius 1 is 1.33 bits per heavy atom. The first-order valence-corrected chi connectivity index (χ1v) is 2.41. The molecule has 2 N–H and O–H groups in total. The summed E-state index contributed by atoms with van der Waals surface area (Å²) in [6.45, 7) is 0.124. The molecule has 0 atom stereocenters. The van der Waals surface area contributed by atoms with Gasteiger partial charge in [0.2, 0.25) is 5.91 Å². The molecular weight excluding hydrogens is 266 g/mol. The topological polar surface area (TPSA) is 124 Å². The van der Waals surface area contributed by atoms with Crippen molar-refractivity contribution >= 4 is 11.9 Å². The molecular formula is C3H4AgN3O5. The minimum Gasteiger partial charge on any atom is -0.356 e. The molecule has 72 valence electrons. The van der Waals surface area contributed by atoms with Crippen LogP contribution in [0, 0.1) is 15.3 Å². The monoisotopic (exact) mass is 269 g/mol. The van der Waals surface area contributed by atoms with Crippen LogP contribution in [-0.4, -0.2) is 23.6 Å². The second-order valence-electron chi connectivity index (χ2n) is 1.45. The number of hydrogen-bond donors (Lipinski definition) is 2. The molecule has 0 aliphatic carbocycles. The van der Waals surface area contributed by atoms with Crippen LogP contribution >= 0.6 is 0 Å². The maximum absolute atomic E-state index is 10.1. The third-order valence-electron chi connectivity index (χ3n) is 0.662. The average molecular weight is 270 g/mol. The van der Waals surface area contributed by atoms with E-state index in [1.54, 1.807) is 0 Å². The zero-order valence-electron chi connectivity index (χ0n) is 5.50. The normalized spacial score (nSPS) is 13.0. The number of nitrogens with zero attached hydrogens (tertiary/aromatic N) is 1. The van der Waals surface area contributed by atoms with E-state index in [0.717, 1.165) is 0 Å². The van der Waals surface area contributed by atoms with Gasteiger partial charge in [-0.3, -0.25) is 10.1 Å². The molecule has 0 unspecified atom stereocenters. The molecule has 8 nitrogen and oxygen atoms in total. The summed E-state index contributed by atoms with van der Waals surface area (Å²) in [6, 6.07) is -0.398. The molecule has 9 heteroatoms. The van der Waals surface area contributed by atoms with Crippen molar-refractivity contribution in [2.75, 3.05) is 6.54 Å². The first-order chi connectivity index (χ1) is 5.02. The van der Waals surface area contributed by atoms with Crippen LogP contribution in [-0.2, 0) is 27.2 Å². The molecule has 1 aliphatic heterocycles. The van der Waals surface area contributed by atoms with Crippen molar-refractivity contribution in [3.05, 3.63) is 15.3 Å². The molecule has 1 heterocycles. The molecule has 0 saturated carbocycles. The number of hydrogen-bond acceptors (Lipinski definition) is 5. The molecule has 12 heavy (non-hydrogen) atoms. The van der Waals surface area contributed by atoms with Crippen LogP contribution in [0.4, 0.5) is 4.79 Å². The van der Waals surface area contributed by atoms with Crippen molar-refractivity contribution in [1.29, 1.82) is 0 Å². The van der Waals surface area contributed by atoms with Crippen LogP contribution in [0.3, 0.4) is 0 Å². The SMILES string of the molecule is O=C1CNC(=O)N1.O=[N+]([O-])[O-].[Ag+]. The predicted octanol–water partition coefficient (Wildman–Crippen LogP) is -1.42. The van der Waals surface area contributed by atoms with Gasteiger partial charge in [0.15, 0.2) is 0 Å². The Labute approximate surface area is 81.9 Å². The smallest absolute Gasteiger partial charge is 0.356 e. The van der Waals surface area contributed by atoms with Crippen LogP contribution < -0.4 is 10.6 Å². The van der Waals surface area contributed by atoms with Gasteiger partial charge >= 0.3 is 28.4 Å². The van der Waals surface area contributed by atoms with E-state index in [1.807, 2.05) is 5.32 Å². The van der Waals surface area contributed by atoms with E-state index in [0.29, 0.717) is 0 Å². The Morgan fingerprint density at radius 3 is 1.83 bits per heavy atom. The van der Waals surface area contributed by atoms with Gasteiger partial charge in [0.05, 0.1) is 11.6 Å². The molecule has 3 amide bonds. The third-order valence-corrected chi connectivity index (χ3v) is 0.662. The standard InChI is InChI=1S/C3H4N2O2.Ag.NO3/c6-2-1-4-3(7)5-2;;2-1(3)4/h1H2,(H2,4,5,6,7);;/q;+1;-1. The third kappa shape index (κ3) is 8.88. The summed E-state index contributed by atoms with van der Waals surface area (Å²) in [5.41, 5.74) is 0. The number of nitrogens with one attached hydrogen (secondary N) is 2. The molecule has 0 aromatic rings. The molecule has 0 aromatic carbocycles. The van der Waals surface area contributed by atoms with Gasteiger partial charge in [-0.25, -0.2) is 4.79 Å². The van der Waals surface area contributed by atoms with Gasteiger partial charge in [-0.15, -0.1) is 0 Å². The summed E-state index contributed by atoms with van der Waals surface area (Å²) in [7, 11) is 0. The quantitative estimate of drug-likeness (QED) is 0.242. The van der Waals surface area contributed by atoms with E-state index >= 15 is 0 Å². The van der Waals surface area contributed by atoms with Crippen molar-refractivity contribution in [2.24, 2.45) is 0 Å².